The fourth-order valence-electron chi connectivity index (χ4n) is 2.76. The number of nitrogens with zero attached hydrogens (tertiary/aromatic N) is 2. The highest BCUT2D eigenvalue weighted by Gasteiger charge is 2.16. The second-order valence-corrected chi connectivity index (χ2v) is 5.54. The highest BCUT2D eigenvalue weighted by Crippen LogP contribution is 2.29. The van der Waals surface area contributed by atoms with Crippen molar-refractivity contribution in [2.24, 2.45) is 0 Å². The second kappa shape index (κ2) is 6.62. The molecule has 1 aliphatic rings. The van der Waals surface area contributed by atoms with Crippen LogP contribution < -0.4 is 9.47 Å². The minimum absolute atomic E-state index is 0.115. The zero-order valence-electron chi connectivity index (χ0n) is 13.6. The SMILES string of the molecule is COc1ccc(CN2C=Cc3cc([N+](=O)[O-])ccc3C2)c(OC)c1. The third-order valence-corrected chi connectivity index (χ3v) is 4.05. The van der Waals surface area contributed by atoms with Crippen LogP contribution >= 0.6 is 0 Å². The Morgan fingerprint density at radius 1 is 1.17 bits per heavy atom. The third kappa shape index (κ3) is 3.17. The Balaban J connectivity index is 1.79. The van der Waals surface area contributed by atoms with E-state index < -0.39 is 0 Å². The average molecular weight is 326 g/mol. The normalized spacial score (nSPS) is 12.7. The molecule has 0 spiro atoms. The molecular formula is C18H18N2O4. The number of hydrogen-bond donors (Lipinski definition) is 0. The fourth-order valence-corrected chi connectivity index (χ4v) is 2.76. The van der Waals surface area contributed by atoms with Crippen LogP contribution in [0, 0.1) is 10.1 Å². The van der Waals surface area contributed by atoms with Gasteiger partial charge in [0.15, 0.2) is 0 Å². The summed E-state index contributed by atoms with van der Waals surface area (Å²) in [6.45, 7) is 1.37. The monoisotopic (exact) mass is 326 g/mol. The van der Waals surface area contributed by atoms with Gasteiger partial charge in [0.05, 0.1) is 19.1 Å². The van der Waals surface area contributed by atoms with E-state index in [2.05, 4.69) is 4.90 Å². The molecule has 3 rings (SSSR count). The van der Waals surface area contributed by atoms with E-state index in [1.807, 2.05) is 36.5 Å². The summed E-state index contributed by atoms with van der Waals surface area (Å²) in [6, 6.07) is 10.7. The van der Waals surface area contributed by atoms with Gasteiger partial charge in [0.1, 0.15) is 11.5 Å². The average Bonchev–Trinajstić information content (AvgIpc) is 2.61. The minimum Gasteiger partial charge on any atom is -0.497 e. The number of ether oxygens (including phenoxy) is 2. The molecule has 0 radical (unpaired) electrons. The lowest BCUT2D eigenvalue weighted by Crippen LogP contribution is -2.20. The van der Waals surface area contributed by atoms with Crippen LogP contribution in [0.1, 0.15) is 16.7 Å². The molecule has 0 fully saturated rings. The molecule has 0 atom stereocenters. The summed E-state index contributed by atoms with van der Waals surface area (Å²) in [5.74, 6) is 1.53. The number of benzene rings is 2. The van der Waals surface area contributed by atoms with Gasteiger partial charge in [-0.1, -0.05) is 0 Å². The Morgan fingerprint density at radius 3 is 2.71 bits per heavy atom. The predicted octanol–water partition coefficient (Wildman–Crippen LogP) is 3.60. The van der Waals surface area contributed by atoms with Crippen molar-refractivity contribution in [3.05, 3.63) is 69.4 Å². The van der Waals surface area contributed by atoms with Gasteiger partial charge in [0, 0.05) is 43.1 Å². The van der Waals surface area contributed by atoms with E-state index in [0.717, 1.165) is 28.2 Å². The summed E-state index contributed by atoms with van der Waals surface area (Å²) in [6.07, 6.45) is 3.86. The maximum Gasteiger partial charge on any atom is 0.270 e. The van der Waals surface area contributed by atoms with Crippen molar-refractivity contribution >= 4 is 11.8 Å². The van der Waals surface area contributed by atoms with Crippen molar-refractivity contribution in [2.75, 3.05) is 14.2 Å². The molecular weight excluding hydrogens is 308 g/mol. The maximum atomic E-state index is 10.9. The molecule has 0 unspecified atom stereocenters. The number of methoxy groups -OCH3 is 2. The van der Waals surface area contributed by atoms with E-state index in [1.54, 1.807) is 26.4 Å². The molecule has 2 aromatic carbocycles. The van der Waals surface area contributed by atoms with Crippen molar-refractivity contribution < 1.29 is 14.4 Å². The molecule has 1 heterocycles. The van der Waals surface area contributed by atoms with Gasteiger partial charge in [-0.3, -0.25) is 10.1 Å². The quantitative estimate of drug-likeness (QED) is 0.620. The maximum absolute atomic E-state index is 10.9. The van der Waals surface area contributed by atoms with E-state index in [4.69, 9.17) is 9.47 Å². The number of fused-ring (bicyclic) bond motifs is 1. The van der Waals surface area contributed by atoms with Gasteiger partial charge < -0.3 is 14.4 Å². The van der Waals surface area contributed by atoms with Crippen LogP contribution in [0.4, 0.5) is 5.69 Å². The Labute approximate surface area is 140 Å². The van der Waals surface area contributed by atoms with E-state index in [1.165, 1.54) is 0 Å². The van der Waals surface area contributed by atoms with Crippen LogP contribution in [0.15, 0.2) is 42.6 Å². The van der Waals surface area contributed by atoms with Crippen LogP contribution in [0.5, 0.6) is 11.5 Å². The fraction of sp³-hybridized carbons (Fsp3) is 0.222. The summed E-state index contributed by atoms with van der Waals surface area (Å²) >= 11 is 0. The minimum atomic E-state index is -0.372. The topological polar surface area (TPSA) is 64.8 Å². The largest absolute Gasteiger partial charge is 0.497 e. The Kier molecular flexibility index (Phi) is 4.37. The highest BCUT2D eigenvalue weighted by molar-refractivity contribution is 5.59. The molecule has 1 aliphatic heterocycles. The van der Waals surface area contributed by atoms with Crippen molar-refractivity contribution in [1.29, 1.82) is 0 Å². The summed E-state index contributed by atoms with van der Waals surface area (Å²) in [7, 11) is 3.26. The van der Waals surface area contributed by atoms with Crippen LogP contribution in [0.25, 0.3) is 6.08 Å². The van der Waals surface area contributed by atoms with E-state index in [-0.39, 0.29) is 10.6 Å². The first-order valence-corrected chi connectivity index (χ1v) is 7.51. The summed E-state index contributed by atoms with van der Waals surface area (Å²) in [4.78, 5) is 12.6. The van der Waals surface area contributed by atoms with Crippen LogP contribution in [-0.4, -0.2) is 24.0 Å². The van der Waals surface area contributed by atoms with Gasteiger partial charge in [-0.25, -0.2) is 0 Å². The zero-order valence-corrected chi connectivity index (χ0v) is 13.6. The molecule has 0 saturated heterocycles. The van der Waals surface area contributed by atoms with Crippen LogP contribution in [0.2, 0.25) is 0 Å². The first-order valence-electron chi connectivity index (χ1n) is 7.51. The molecule has 0 N–H and O–H groups in total. The number of rotatable bonds is 5. The molecule has 6 heteroatoms. The zero-order chi connectivity index (χ0) is 17.1. The lowest BCUT2D eigenvalue weighted by atomic mass is 10.0. The van der Waals surface area contributed by atoms with Crippen LogP contribution in [0.3, 0.4) is 0 Å². The van der Waals surface area contributed by atoms with E-state index >= 15 is 0 Å². The molecule has 0 aliphatic carbocycles. The number of non-ortho nitro benzene ring substituents is 1. The molecule has 2 aromatic rings. The Bertz CT molecular complexity index is 802. The Morgan fingerprint density at radius 2 is 2.00 bits per heavy atom. The summed E-state index contributed by atoms with van der Waals surface area (Å²) < 4.78 is 10.7. The van der Waals surface area contributed by atoms with Gasteiger partial charge in [-0.05, 0) is 35.4 Å². The first-order chi connectivity index (χ1) is 11.6. The van der Waals surface area contributed by atoms with Gasteiger partial charge >= 0.3 is 0 Å². The van der Waals surface area contributed by atoms with Crippen molar-refractivity contribution in [1.82, 2.24) is 4.90 Å². The summed E-state index contributed by atoms with van der Waals surface area (Å²) in [5, 5.41) is 10.9. The van der Waals surface area contributed by atoms with Crippen molar-refractivity contribution in [2.45, 2.75) is 13.1 Å². The van der Waals surface area contributed by atoms with Gasteiger partial charge in [0.2, 0.25) is 0 Å². The molecule has 0 amide bonds. The third-order valence-electron chi connectivity index (χ3n) is 4.05. The van der Waals surface area contributed by atoms with E-state index in [0.29, 0.717) is 13.1 Å². The highest BCUT2D eigenvalue weighted by atomic mass is 16.6. The van der Waals surface area contributed by atoms with E-state index in [9.17, 15) is 10.1 Å². The number of nitro groups is 1. The smallest absolute Gasteiger partial charge is 0.270 e. The first kappa shape index (κ1) is 15.9. The lowest BCUT2D eigenvalue weighted by molar-refractivity contribution is -0.384. The summed E-state index contributed by atoms with van der Waals surface area (Å²) in [5.41, 5.74) is 3.12. The molecule has 0 aromatic heterocycles. The van der Waals surface area contributed by atoms with Crippen molar-refractivity contribution in [3.63, 3.8) is 0 Å². The second-order valence-electron chi connectivity index (χ2n) is 5.54. The lowest BCUT2D eigenvalue weighted by Gasteiger charge is -2.26. The Hall–Kier alpha value is -3.02. The molecule has 6 nitrogen and oxygen atoms in total. The molecule has 124 valence electrons. The number of nitro benzene ring substituents is 1. The van der Waals surface area contributed by atoms with Gasteiger partial charge in [-0.15, -0.1) is 0 Å². The van der Waals surface area contributed by atoms with Crippen molar-refractivity contribution in [3.8, 4) is 11.5 Å². The standard InChI is InChI=1S/C18H18N2O4/c1-23-17-6-4-15(18(10-17)24-2)12-19-8-7-13-9-16(20(21)22)5-3-14(13)11-19/h3-10H,11-12H2,1-2H3. The molecule has 0 bridgehead atoms. The molecule has 0 saturated carbocycles. The van der Waals surface area contributed by atoms with Crippen LogP contribution in [-0.2, 0) is 13.1 Å². The van der Waals surface area contributed by atoms with Gasteiger partial charge in [0.25, 0.3) is 5.69 Å². The molecule has 24 heavy (non-hydrogen) atoms. The predicted molar refractivity (Wildman–Crippen MR) is 90.9 cm³/mol. The van der Waals surface area contributed by atoms with Gasteiger partial charge in [-0.2, -0.15) is 0 Å². The number of hydrogen-bond acceptors (Lipinski definition) is 5.